The average molecular weight is 183 g/mol. The van der Waals surface area contributed by atoms with Crippen LogP contribution < -0.4 is 5.73 Å². The number of nitrogens with two attached hydrogens (primary N) is 1. The lowest BCUT2D eigenvalue weighted by atomic mass is 9.82. The molecule has 0 fully saturated rings. The van der Waals surface area contributed by atoms with Gasteiger partial charge in [0.25, 0.3) is 0 Å². The zero-order valence-electron chi connectivity index (χ0n) is 8.45. The molecule has 0 aromatic heterocycles. The number of hydrogen-bond donors (Lipinski definition) is 2. The molecule has 13 heavy (non-hydrogen) atoms. The predicted molar refractivity (Wildman–Crippen MR) is 55.3 cm³/mol. The number of allylic oxidation sites excluding steroid dienone is 2. The average Bonchev–Trinajstić information content (AvgIpc) is 2.21. The summed E-state index contributed by atoms with van der Waals surface area (Å²) in [6, 6.07) is 0. The first-order chi connectivity index (χ1) is 6.29. The molecule has 0 spiro atoms. The molecular formula is C11H21NO. The first kappa shape index (κ1) is 10.7. The monoisotopic (exact) mass is 183 g/mol. The first-order valence-electron chi connectivity index (χ1n) is 5.32. The Hall–Kier alpha value is -0.340. The second-order valence-electron chi connectivity index (χ2n) is 3.94. The highest BCUT2D eigenvalue weighted by molar-refractivity contribution is 4.93. The largest absolute Gasteiger partial charge is 0.392 e. The molecule has 1 aliphatic rings. The van der Waals surface area contributed by atoms with E-state index in [1.165, 1.54) is 0 Å². The van der Waals surface area contributed by atoms with Gasteiger partial charge in [-0.1, -0.05) is 19.1 Å². The molecule has 0 aromatic carbocycles. The molecule has 0 bridgehead atoms. The molecule has 76 valence electrons. The summed E-state index contributed by atoms with van der Waals surface area (Å²) in [5, 5.41) is 10.0. The molecule has 1 rings (SSSR count). The molecular weight excluding hydrogens is 162 g/mol. The summed E-state index contributed by atoms with van der Waals surface area (Å²) < 4.78 is 0. The van der Waals surface area contributed by atoms with E-state index in [0.29, 0.717) is 12.5 Å². The van der Waals surface area contributed by atoms with E-state index >= 15 is 0 Å². The van der Waals surface area contributed by atoms with Crippen LogP contribution in [0.3, 0.4) is 0 Å². The Morgan fingerprint density at radius 1 is 1.54 bits per heavy atom. The summed E-state index contributed by atoms with van der Waals surface area (Å²) in [5.74, 6) is 0.731. The maximum absolute atomic E-state index is 10.0. The van der Waals surface area contributed by atoms with Crippen LogP contribution in [0.5, 0.6) is 0 Å². The van der Waals surface area contributed by atoms with Crippen molar-refractivity contribution in [1.29, 1.82) is 0 Å². The van der Waals surface area contributed by atoms with Crippen molar-refractivity contribution >= 4 is 0 Å². The van der Waals surface area contributed by atoms with Gasteiger partial charge in [-0.3, -0.25) is 0 Å². The van der Waals surface area contributed by atoms with E-state index in [4.69, 9.17) is 5.73 Å². The summed E-state index contributed by atoms with van der Waals surface area (Å²) in [6.45, 7) is 2.71. The lowest BCUT2D eigenvalue weighted by Crippen LogP contribution is -2.34. The summed E-state index contributed by atoms with van der Waals surface area (Å²) in [5.41, 5.74) is 5.61. The van der Waals surface area contributed by atoms with Crippen LogP contribution in [0.2, 0.25) is 0 Å². The van der Waals surface area contributed by atoms with Gasteiger partial charge >= 0.3 is 0 Å². The van der Waals surface area contributed by atoms with Crippen LogP contribution in [0.15, 0.2) is 12.2 Å². The van der Waals surface area contributed by atoms with Gasteiger partial charge in [0.15, 0.2) is 0 Å². The van der Waals surface area contributed by atoms with E-state index in [0.717, 1.165) is 25.7 Å². The van der Waals surface area contributed by atoms with Crippen LogP contribution in [0.25, 0.3) is 0 Å². The Labute approximate surface area is 80.8 Å². The maximum atomic E-state index is 10.0. The standard InChI is InChI=1S/C11H21NO/c1-2-9(8-12)11(13)10-6-4-3-5-7-10/h3-4,9-11,13H,2,5-8,12H2,1H3. The van der Waals surface area contributed by atoms with E-state index in [9.17, 15) is 5.11 Å². The molecule has 0 radical (unpaired) electrons. The van der Waals surface area contributed by atoms with Gasteiger partial charge in [-0.2, -0.15) is 0 Å². The number of rotatable bonds is 4. The van der Waals surface area contributed by atoms with E-state index < -0.39 is 0 Å². The SMILES string of the molecule is CCC(CN)C(O)C1CC=CCC1. The van der Waals surface area contributed by atoms with Gasteiger partial charge in [0.05, 0.1) is 6.10 Å². The summed E-state index contributed by atoms with van der Waals surface area (Å²) in [7, 11) is 0. The van der Waals surface area contributed by atoms with Crippen LogP contribution >= 0.6 is 0 Å². The number of aliphatic hydroxyl groups excluding tert-OH is 1. The van der Waals surface area contributed by atoms with Crippen LogP contribution in [0.4, 0.5) is 0 Å². The lowest BCUT2D eigenvalue weighted by molar-refractivity contribution is 0.0475. The molecule has 3 unspecified atom stereocenters. The van der Waals surface area contributed by atoms with E-state index in [2.05, 4.69) is 19.1 Å². The minimum absolute atomic E-state index is 0.194. The molecule has 0 heterocycles. The molecule has 2 heteroatoms. The summed E-state index contributed by atoms with van der Waals surface area (Å²) >= 11 is 0. The van der Waals surface area contributed by atoms with Gasteiger partial charge in [0, 0.05) is 0 Å². The van der Waals surface area contributed by atoms with Crippen molar-refractivity contribution in [2.24, 2.45) is 17.6 Å². The van der Waals surface area contributed by atoms with E-state index in [1.54, 1.807) is 0 Å². The third-order valence-electron chi connectivity index (χ3n) is 3.10. The first-order valence-corrected chi connectivity index (χ1v) is 5.32. The molecule has 0 saturated carbocycles. The van der Waals surface area contributed by atoms with Crippen molar-refractivity contribution in [2.75, 3.05) is 6.54 Å². The Bertz CT molecular complexity index is 163. The fraction of sp³-hybridized carbons (Fsp3) is 0.818. The van der Waals surface area contributed by atoms with Crippen molar-refractivity contribution in [3.8, 4) is 0 Å². The van der Waals surface area contributed by atoms with Crippen molar-refractivity contribution in [3.63, 3.8) is 0 Å². The minimum Gasteiger partial charge on any atom is -0.392 e. The minimum atomic E-state index is -0.194. The Morgan fingerprint density at radius 2 is 2.31 bits per heavy atom. The summed E-state index contributed by atoms with van der Waals surface area (Å²) in [6.07, 6.45) is 8.43. The van der Waals surface area contributed by atoms with Gasteiger partial charge in [0.1, 0.15) is 0 Å². The zero-order chi connectivity index (χ0) is 9.68. The summed E-state index contributed by atoms with van der Waals surface area (Å²) in [4.78, 5) is 0. The van der Waals surface area contributed by atoms with Crippen molar-refractivity contribution in [3.05, 3.63) is 12.2 Å². The fourth-order valence-corrected chi connectivity index (χ4v) is 2.06. The second kappa shape index (κ2) is 5.40. The van der Waals surface area contributed by atoms with Gasteiger partial charge in [-0.15, -0.1) is 0 Å². The predicted octanol–water partition coefficient (Wildman–Crippen LogP) is 1.69. The molecule has 0 aliphatic heterocycles. The van der Waals surface area contributed by atoms with Crippen LogP contribution in [-0.4, -0.2) is 17.8 Å². The normalized spacial score (nSPS) is 27.2. The Balaban J connectivity index is 2.44. The second-order valence-corrected chi connectivity index (χ2v) is 3.94. The molecule has 1 aliphatic carbocycles. The van der Waals surface area contributed by atoms with E-state index in [-0.39, 0.29) is 12.0 Å². The quantitative estimate of drug-likeness (QED) is 0.651. The smallest absolute Gasteiger partial charge is 0.0611 e. The van der Waals surface area contributed by atoms with Gasteiger partial charge in [0.2, 0.25) is 0 Å². The van der Waals surface area contributed by atoms with Gasteiger partial charge < -0.3 is 10.8 Å². The Kier molecular flexibility index (Phi) is 4.46. The highest BCUT2D eigenvalue weighted by Gasteiger charge is 2.25. The van der Waals surface area contributed by atoms with Gasteiger partial charge in [-0.25, -0.2) is 0 Å². The topological polar surface area (TPSA) is 46.2 Å². The zero-order valence-corrected chi connectivity index (χ0v) is 8.45. The Morgan fingerprint density at radius 3 is 2.77 bits per heavy atom. The van der Waals surface area contributed by atoms with Crippen LogP contribution in [-0.2, 0) is 0 Å². The lowest BCUT2D eigenvalue weighted by Gasteiger charge is -2.29. The van der Waals surface area contributed by atoms with Crippen molar-refractivity contribution < 1.29 is 5.11 Å². The molecule has 0 amide bonds. The molecule has 2 nitrogen and oxygen atoms in total. The maximum Gasteiger partial charge on any atom is 0.0611 e. The molecule has 0 saturated heterocycles. The van der Waals surface area contributed by atoms with Gasteiger partial charge in [-0.05, 0) is 44.1 Å². The highest BCUT2D eigenvalue weighted by atomic mass is 16.3. The van der Waals surface area contributed by atoms with Crippen molar-refractivity contribution in [2.45, 2.75) is 38.7 Å². The van der Waals surface area contributed by atoms with Crippen LogP contribution in [0, 0.1) is 11.8 Å². The fourth-order valence-electron chi connectivity index (χ4n) is 2.06. The number of aliphatic hydroxyl groups is 1. The molecule has 3 N–H and O–H groups in total. The molecule has 0 aromatic rings. The highest BCUT2D eigenvalue weighted by Crippen LogP contribution is 2.26. The number of hydrogen-bond acceptors (Lipinski definition) is 2. The third-order valence-corrected chi connectivity index (χ3v) is 3.10. The van der Waals surface area contributed by atoms with Crippen LogP contribution in [0.1, 0.15) is 32.6 Å². The third kappa shape index (κ3) is 2.82. The van der Waals surface area contributed by atoms with E-state index in [1.807, 2.05) is 0 Å². The van der Waals surface area contributed by atoms with Crippen molar-refractivity contribution in [1.82, 2.24) is 0 Å². The molecule has 3 atom stereocenters.